The Hall–Kier alpha value is -3.07. The van der Waals surface area contributed by atoms with Gasteiger partial charge >= 0.3 is 0 Å². The number of carbonyl (C=O) groups is 2. The van der Waals surface area contributed by atoms with Crippen molar-refractivity contribution in [3.63, 3.8) is 0 Å². The molecule has 0 saturated carbocycles. The summed E-state index contributed by atoms with van der Waals surface area (Å²) in [5.41, 5.74) is 0.792. The monoisotopic (exact) mass is 561 g/mol. The molecule has 2 amide bonds. The van der Waals surface area contributed by atoms with Crippen LogP contribution >= 0.6 is 23.2 Å². The predicted octanol–water partition coefficient (Wildman–Crippen LogP) is 5.13. The van der Waals surface area contributed by atoms with Crippen LogP contribution in [0.5, 0.6) is 0 Å². The minimum absolute atomic E-state index is 0.0446. The van der Waals surface area contributed by atoms with Gasteiger partial charge in [-0.05, 0) is 49.7 Å². The third-order valence-corrected chi connectivity index (χ3v) is 8.28. The van der Waals surface area contributed by atoms with E-state index in [1.165, 1.54) is 17.0 Å². The summed E-state index contributed by atoms with van der Waals surface area (Å²) >= 11 is 12.8. The van der Waals surface area contributed by atoms with Gasteiger partial charge in [0.2, 0.25) is 11.8 Å². The SMILES string of the molecule is CCNC(=O)[C@@H](CC)N(Cc1c(Cl)cccc1Cl)C(=O)CN(c1ccccc1)S(=O)(=O)c1ccccc1. The van der Waals surface area contributed by atoms with Gasteiger partial charge in [-0.3, -0.25) is 13.9 Å². The second kappa shape index (κ2) is 12.9. The Kier molecular flexibility index (Phi) is 9.97. The van der Waals surface area contributed by atoms with E-state index in [1.807, 2.05) is 0 Å². The fourth-order valence-corrected chi connectivity index (χ4v) is 5.86. The van der Waals surface area contributed by atoms with Crippen LogP contribution in [0.15, 0.2) is 83.8 Å². The molecule has 3 aromatic rings. The molecule has 0 aliphatic rings. The van der Waals surface area contributed by atoms with E-state index >= 15 is 0 Å². The molecule has 0 bridgehead atoms. The van der Waals surface area contributed by atoms with Crippen LogP contribution in [0.25, 0.3) is 0 Å². The number of para-hydroxylation sites is 1. The molecule has 0 aromatic heterocycles. The lowest BCUT2D eigenvalue weighted by atomic mass is 10.1. The molecule has 0 heterocycles. The Labute approximate surface area is 228 Å². The molecule has 7 nitrogen and oxygen atoms in total. The quantitative estimate of drug-likeness (QED) is 0.351. The van der Waals surface area contributed by atoms with E-state index in [0.29, 0.717) is 34.3 Å². The zero-order valence-electron chi connectivity index (χ0n) is 20.6. The molecular formula is C27H29Cl2N3O4S. The molecule has 1 N–H and O–H groups in total. The van der Waals surface area contributed by atoms with Gasteiger partial charge in [0.15, 0.2) is 0 Å². The molecule has 0 aliphatic carbocycles. The van der Waals surface area contributed by atoms with Crippen molar-refractivity contribution >= 4 is 50.7 Å². The minimum Gasteiger partial charge on any atom is -0.355 e. The summed E-state index contributed by atoms with van der Waals surface area (Å²) < 4.78 is 28.4. The van der Waals surface area contributed by atoms with Crippen LogP contribution in [0.3, 0.4) is 0 Å². The summed E-state index contributed by atoms with van der Waals surface area (Å²) in [4.78, 5) is 28.2. The summed E-state index contributed by atoms with van der Waals surface area (Å²) in [5.74, 6) is -0.920. The molecule has 0 saturated heterocycles. The number of benzene rings is 3. The molecule has 37 heavy (non-hydrogen) atoms. The third kappa shape index (κ3) is 6.83. The third-order valence-electron chi connectivity index (χ3n) is 5.78. The van der Waals surface area contributed by atoms with Gasteiger partial charge in [-0.1, -0.05) is 72.6 Å². The number of carbonyl (C=O) groups excluding carboxylic acids is 2. The second-order valence-electron chi connectivity index (χ2n) is 8.20. The molecule has 0 radical (unpaired) electrons. The lowest BCUT2D eigenvalue weighted by Crippen LogP contribution is -2.52. The van der Waals surface area contributed by atoms with Gasteiger partial charge < -0.3 is 10.2 Å². The highest BCUT2D eigenvalue weighted by molar-refractivity contribution is 7.92. The van der Waals surface area contributed by atoms with Gasteiger partial charge in [0.1, 0.15) is 12.6 Å². The van der Waals surface area contributed by atoms with Crippen LogP contribution in [-0.2, 0) is 26.2 Å². The van der Waals surface area contributed by atoms with Crippen LogP contribution < -0.4 is 9.62 Å². The second-order valence-corrected chi connectivity index (χ2v) is 10.9. The highest BCUT2D eigenvalue weighted by Crippen LogP contribution is 2.28. The molecule has 10 heteroatoms. The number of hydrogen-bond donors (Lipinski definition) is 1. The van der Waals surface area contributed by atoms with Crippen molar-refractivity contribution in [2.75, 3.05) is 17.4 Å². The molecule has 0 spiro atoms. The van der Waals surface area contributed by atoms with E-state index in [9.17, 15) is 18.0 Å². The van der Waals surface area contributed by atoms with Crippen molar-refractivity contribution in [2.45, 2.75) is 37.8 Å². The average Bonchev–Trinajstić information content (AvgIpc) is 2.89. The van der Waals surface area contributed by atoms with E-state index in [1.54, 1.807) is 80.6 Å². The molecule has 3 rings (SSSR count). The van der Waals surface area contributed by atoms with Crippen molar-refractivity contribution in [3.05, 3.63) is 94.5 Å². The molecule has 0 aliphatic heterocycles. The fraction of sp³-hybridized carbons (Fsp3) is 0.259. The van der Waals surface area contributed by atoms with Crippen molar-refractivity contribution in [1.82, 2.24) is 10.2 Å². The molecule has 0 fully saturated rings. The smallest absolute Gasteiger partial charge is 0.264 e. The van der Waals surface area contributed by atoms with Crippen molar-refractivity contribution in [1.29, 1.82) is 0 Å². The molecular weight excluding hydrogens is 533 g/mol. The Morgan fingerprint density at radius 2 is 1.43 bits per heavy atom. The zero-order chi connectivity index (χ0) is 27.0. The average molecular weight is 563 g/mol. The normalized spacial score (nSPS) is 12.0. The van der Waals surface area contributed by atoms with E-state index < -0.39 is 28.5 Å². The van der Waals surface area contributed by atoms with Crippen LogP contribution in [0.1, 0.15) is 25.8 Å². The van der Waals surface area contributed by atoms with E-state index in [2.05, 4.69) is 5.32 Å². The topological polar surface area (TPSA) is 86.8 Å². The van der Waals surface area contributed by atoms with Crippen LogP contribution in [-0.4, -0.2) is 44.3 Å². The van der Waals surface area contributed by atoms with E-state index in [-0.39, 0.29) is 17.3 Å². The number of hydrogen-bond acceptors (Lipinski definition) is 4. The Morgan fingerprint density at radius 3 is 1.97 bits per heavy atom. The summed E-state index contributed by atoms with van der Waals surface area (Å²) in [5, 5.41) is 3.44. The van der Waals surface area contributed by atoms with Crippen molar-refractivity contribution < 1.29 is 18.0 Å². The standard InChI is InChI=1S/C27H29Cl2N3O4S/c1-3-25(27(34)30-4-2)31(18-22-23(28)16-11-17-24(22)29)26(33)19-32(20-12-7-5-8-13-20)37(35,36)21-14-9-6-10-15-21/h5-17,25H,3-4,18-19H2,1-2H3,(H,30,34)/t25-/m1/s1. The zero-order valence-corrected chi connectivity index (χ0v) is 22.9. The fourth-order valence-electron chi connectivity index (χ4n) is 3.91. The van der Waals surface area contributed by atoms with Gasteiger partial charge in [-0.15, -0.1) is 0 Å². The van der Waals surface area contributed by atoms with E-state index in [4.69, 9.17) is 23.2 Å². The van der Waals surface area contributed by atoms with Gasteiger partial charge in [-0.25, -0.2) is 8.42 Å². The number of nitrogens with zero attached hydrogens (tertiary/aromatic N) is 2. The first-order valence-corrected chi connectivity index (χ1v) is 14.0. The lowest BCUT2D eigenvalue weighted by Gasteiger charge is -2.33. The number of rotatable bonds is 11. The Balaban J connectivity index is 2.06. The Morgan fingerprint density at radius 1 is 0.865 bits per heavy atom. The van der Waals surface area contributed by atoms with Crippen LogP contribution in [0.2, 0.25) is 10.0 Å². The predicted molar refractivity (Wildman–Crippen MR) is 147 cm³/mol. The summed E-state index contributed by atoms with van der Waals surface area (Å²) in [6, 6.07) is 20.4. The van der Waals surface area contributed by atoms with Gasteiger partial charge in [-0.2, -0.15) is 0 Å². The maximum Gasteiger partial charge on any atom is 0.264 e. The summed E-state index contributed by atoms with van der Waals surface area (Å²) in [7, 11) is -4.10. The lowest BCUT2D eigenvalue weighted by molar-refractivity contribution is -0.140. The number of likely N-dealkylation sites (N-methyl/N-ethyl adjacent to an activating group) is 1. The van der Waals surface area contributed by atoms with Crippen molar-refractivity contribution in [3.8, 4) is 0 Å². The Bertz CT molecular complexity index is 1300. The maximum absolute atomic E-state index is 13.9. The van der Waals surface area contributed by atoms with Crippen molar-refractivity contribution in [2.24, 2.45) is 0 Å². The van der Waals surface area contributed by atoms with E-state index in [0.717, 1.165) is 4.31 Å². The first-order chi connectivity index (χ1) is 17.7. The number of amides is 2. The molecule has 3 aromatic carbocycles. The van der Waals surface area contributed by atoms with Crippen LogP contribution in [0, 0.1) is 0 Å². The number of sulfonamides is 1. The van der Waals surface area contributed by atoms with Gasteiger partial charge in [0, 0.05) is 28.7 Å². The highest BCUT2D eigenvalue weighted by atomic mass is 35.5. The number of halogens is 2. The highest BCUT2D eigenvalue weighted by Gasteiger charge is 2.34. The first-order valence-electron chi connectivity index (χ1n) is 11.8. The van der Waals surface area contributed by atoms with Gasteiger partial charge in [0.05, 0.1) is 10.6 Å². The minimum atomic E-state index is -4.10. The maximum atomic E-state index is 13.9. The molecule has 1 atom stereocenters. The summed E-state index contributed by atoms with van der Waals surface area (Å²) in [6.07, 6.45) is 0.302. The van der Waals surface area contributed by atoms with Gasteiger partial charge in [0.25, 0.3) is 10.0 Å². The first kappa shape index (κ1) is 28.5. The largest absolute Gasteiger partial charge is 0.355 e. The van der Waals surface area contributed by atoms with Crippen LogP contribution in [0.4, 0.5) is 5.69 Å². The summed E-state index contributed by atoms with van der Waals surface area (Å²) in [6.45, 7) is 3.35. The molecule has 0 unspecified atom stereocenters. The number of anilines is 1. The molecule has 196 valence electrons. The number of nitrogens with one attached hydrogen (secondary N) is 1.